The monoisotopic (exact) mass is 266 g/mol. The first-order valence-corrected chi connectivity index (χ1v) is 7.85. The molecule has 0 aromatic carbocycles. The van der Waals surface area contributed by atoms with Gasteiger partial charge in [0.05, 0.1) is 0 Å². The van der Waals surface area contributed by atoms with Gasteiger partial charge in [-0.25, -0.2) is 0 Å². The summed E-state index contributed by atoms with van der Waals surface area (Å²) in [5.74, 6) is 0.941. The topological polar surface area (TPSA) is 32.3 Å². The molecule has 2 rings (SSSR count). The lowest BCUT2D eigenvalue weighted by Gasteiger charge is -2.42. The molecule has 3 nitrogen and oxygen atoms in total. The van der Waals surface area contributed by atoms with E-state index in [9.17, 15) is 4.79 Å². The van der Waals surface area contributed by atoms with Crippen LogP contribution in [0, 0.1) is 16.7 Å². The number of likely N-dealkylation sites (tertiary alicyclic amines) is 1. The molecule has 0 bridgehead atoms. The minimum absolute atomic E-state index is 0.202. The molecule has 2 heterocycles. The van der Waals surface area contributed by atoms with Gasteiger partial charge in [-0.05, 0) is 43.6 Å². The first-order chi connectivity index (χ1) is 8.85. The van der Waals surface area contributed by atoms with Gasteiger partial charge in [-0.3, -0.25) is 4.79 Å². The summed E-state index contributed by atoms with van der Waals surface area (Å²) >= 11 is 0. The van der Waals surface area contributed by atoms with Gasteiger partial charge in [0.25, 0.3) is 0 Å². The number of nitrogens with zero attached hydrogens (tertiary/aromatic N) is 1. The average molecular weight is 266 g/mol. The molecule has 1 amide bonds. The highest BCUT2D eigenvalue weighted by atomic mass is 16.2. The Morgan fingerprint density at radius 2 is 1.89 bits per heavy atom. The summed E-state index contributed by atoms with van der Waals surface area (Å²) in [6, 6.07) is 0. The molecule has 2 aliphatic rings. The Bertz CT molecular complexity index is 320. The van der Waals surface area contributed by atoms with Gasteiger partial charge in [-0.15, -0.1) is 0 Å². The summed E-state index contributed by atoms with van der Waals surface area (Å²) in [6.45, 7) is 12.9. The summed E-state index contributed by atoms with van der Waals surface area (Å²) in [5, 5.41) is 3.48. The van der Waals surface area contributed by atoms with Gasteiger partial charge in [0.15, 0.2) is 0 Å². The van der Waals surface area contributed by atoms with E-state index in [1.54, 1.807) is 0 Å². The van der Waals surface area contributed by atoms with Crippen LogP contribution in [0.5, 0.6) is 0 Å². The highest BCUT2D eigenvalue weighted by Crippen LogP contribution is 2.38. The van der Waals surface area contributed by atoms with Crippen molar-refractivity contribution >= 4 is 5.91 Å². The maximum Gasteiger partial charge on any atom is 0.228 e. The first kappa shape index (κ1) is 14.8. The van der Waals surface area contributed by atoms with Crippen LogP contribution in [-0.2, 0) is 4.79 Å². The van der Waals surface area contributed by atoms with Gasteiger partial charge >= 0.3 is 0 Å². The first-order valence-electron chi connectivity index (χ1n) is 7.85. The molecule has 0 aromatic rings. The Labute approximate surface area is 118 Å². The molecule has 0 radical (unpaired) electrons. The molecule has 0 saturated carbocycles. The summed E-state index contributed by atoms with van der Waals surface area (Å²) in [7, 11) is 0. The second-order valence-electron chi connectivity index (χ2n) is 7.70. The van der Waals surface area contributed by atoms with Gasteiger partial charge < -0.3 is 10.2 Å². The molecular formula is C16H30N2O. The summed E-state index contributed by atoms with van der Waals surface area (Å²) in [5.41, 5.74) is 0.297. The Hall–Kier alpha value is -0.570. The molecule has 2 fully saturated rings. The van der Waals surface area contributed by atoms with Crippen molar-refractivity contribution < 1.29 is 4.79 Å². The molecule has 0 aromatic heterocycles. The van der Waals surface area contributed by atoms with Gasteiger partial charge in [0.2, 0.25) is 5.91 Å². The van der Waals surface area contributed by atoms with E-state index >= 15 is 0 Å². The fourth-order valence-electron chi connectivity index (χ4n) is 3.94. The molecule has 0 atom stereocenters. The van der Waals surface area contributed by atoms with Crippen molar-refractivity contribution in [3.63, 3.8) is 0 Å². The molecule has 3 heteroatoms. The fraction of sp³-hybridized carbons (Fsp3) is 0.938. The second kappa shape index (κ2) is 5.43. The fourth-order valence-corrected chi connectivity index (χ4v) is 3.94. The van der Waals surface area contributed by atoms with Crippen LogP contribution in [-0.4, -0.2) is 37.0 Å². The van der Waals surface area contributed by atoms with Crippen LogP contribution in [0.15, 0.2) is 0 Å². The number of amides is 1. The SMILES string of the molecule is CC(C)CC(C)(C)C(=O)N1CCC2(CCNC2)CC1. The van der Waals surface area contributed by atoms with Crippen molar-refractivity contribution in [3.05, 3.63) is 0 Å². The third-order valence-corrected chi connectivity index (χ3v) is 4.94. The zero-order valence-electron chi connectivity index (χ0n) is 13.1. The standard InChI is InChI=1S/C16H30N2O/c1-13(2)11-15(3,4)14(19)18-9-6-16(7-10-18)5-8-17-12-16/h13,17H,5-12H2,1-4H3. The molecule has 2 aliphatic heterocycles. The van der Waals surface area contributed by atoms with Crippen molar-refractivity contribution in [3.8, 4) is 0 Å². The van der Waals surface area contributed by atoms with Gasteiger partial charge in [-0.1, -0.05) is 27.7 Å². The third kappa shape index (κ3) is 3.31. The molecular weight excluding hydrogens is 236 g/mol. The lowest BCUT2D eigenvalue weighted by atomic mass is 9.76. The lowest BCUT2D eigenvalue weighted by Crippen LogP contribution is -2.48. The minimum atomic E-state index is -0.202. The smallest absolute Gasteiger partial charge is 0.228 e. The number of carbonyl (C=O) groups excluding carboxylic acids is 1. The number of nitrogens with one attached hydrogen (secondary N) is 1. The molecule has 1 N–H and O–H groups in total. The maximum atomic E-state index is 12.7. The molecule has 2 saturated heterocycles. The highest BCUT2D eigenvalue weighted by molar-refractivity contribution is 5.82. The van der Waals surface area contributed by atoms with E-state index in [0.717, 1.165) is 32.6 Å². The minimum Gasteiger partial charge on any atom is -0.342 e. The quantitative estimate of drug-likeness (QED) is 0.852. The molecule has 0 aliphatic carbocycles. The summed E-state index contributed by atoms with van der Waals surface area (Å²) < 4.78 is 0. The van der Waals surface area contributed by atoms with E-state index in [1.165, 1.54) is 19.3 Å². The summed E-state index contributed by atoms with van der Waals surface area (Å²) in [4.78, 5) is 14.8. The Morgan fingerprint density at radius 1 is 1.26 bits per heavy atom. The Balaban J connectivity index is 1.91. The normalized spacial score (nSPS) is 23.3. The van der Waals surface area contributed by atoms with Crippen molar-refractivity contribution in [1.29, 1.82) is 0 Å². The zero-order chi connectivity index (χ0) is 14.1. The largest absolute Gasteiger partial charge is 0.342 e. The van der Waals surface area contributed by atoms with Crippen LogP contribution >= 0.6 is 0 Å². The Morgan fingerprint density at radius 3 is 2.37 bits per heavy atom. The predicted octanol–water partition coefficient (Wildman–Crippen LogP) is 2.66. The van der Waals surface area contributed by atoms with Crippen LogP contribution in [0.1, 0.15) is 53.4 Å². The van der Waals surface area contributed by atoms with Crippen LogP contribution < -0.4 is 5.32 Å². The lowest BCUT2D eigenvalue weighted by molar-refractivity contribution is -0.143. The summed E-state index contributed by atoms with van der Waals surface area (Å²) in [6.07, 6.45) is 4.65. The maximum absolute atomic E-state index is 12.7. The van der Waals surface area contributed by atoms with Crippen LogP contribution in [0.2, 0.25) is 0 Å². The molecule has 1 spiro atoms. The molecule has 19 heavy (non-hydrogen) atoms. The van der Waals surface area contributed by atoms with Crippen molar-refractivity contribution in [2.75, 3.05) is 26.2 Å². The van der Waals surface area contributed by atoms with E-state index in [1.807, 2.05) is 0 Å². The third-order valence-electron chi connectivity index (χ3n) is 4.94. The number of hydrogen-bond donors (Lipinski definition) is 1. The number of piperidine rings is 1. The van der Waals surface area contributed by atoms with Gasteiger partial charge in [0, 0.05) is 25.0 Å². The van der Waals surface area contributed by atoms with Gasteiger partial charge in [0.1, 0.15) is 0 Å². The van der Waals surface area contributed by atoms with Gasteiger partial charge in [-0.2, -0.15) is 0 Å². The molecule has 0 unspecified atom stereocenters. The number of rotatable bonds is 3. The van der Waals surface area contributed by atoms with E-state index < -0.39 is 0 Å². The van der Waals surface area contributed by atoms with Crippen molar-refractivity contribution in [2.24, 2.45) is 16.7 Å². The van der Waals surface area contributed by atoms with E-state index in [-0.39, 0.29) is 5.41 Å². The van der Waals surface area contributed by atoms with E-state index in [4.69, 9.17) is 0 Å². The number of hydrogen-bond acceptors (Lipinski definition) is 2. The predicted molar refractivity (Wildman–Crippen MR) is 79.0 cm³/mol. The van der Waals surface area contributed by atoms with Crippen LogP contribution in [0.3, 0.4) is 0 Å². The number of carbonyl (C=O) groups is 1. The van der Waals surface area contributed by atoms with Crippen molar-refractivity contribution in [2.45, 2.75) is 53.4 Å². The zero-order valence-corrected chi connectivity index (χ0v) is 13.1. The molecule has 110 valence electrons. The van der Waals surface area contributed by atoms with E-state index in [2.05, 4.69) is 37.9 Å². The van der Waals surface area contributed by atoms with Crippen LogP contribution in [0.4, 0.5) is 0 Å². The second-order valence-corrected chi connectivity index (χ2v) is 7.70. The average Bonchev–Trinajstić information content (AvgIpc) is 2.76. The highest BCUT2D eigenvalue weighted by Gasteiger charge is 2.40. The van der Waals surface area contributed by atoms with Crippen LogP contribution in [0.25, 0.3) is 0 Å². The van der Waals surface area contributed by atoms with E-state index in [0.29, 0.717) is 17.2 Å². The Kier molecular flexibility index (Phi) is 4.24. The van der Waals surface area contributed by atoms with Crippen molar-refractivity contribution in [1.82, 2.24) is 10.2 Å².